The molecule has 0 bridgehead atoms. The molecule has 1 N–H and O–H groups in total. The molecule has 0 saturated heterocycles. The van der Waals surface area contributed by atoms with Gasteiger partial charge in [-0.1, -0.05) is 13.8 Å². The Balaban J connectivity index is 2.86. The van der Waals surface area contributed by atoms with Crippen LogP contribution in [0.5, 0.6) is 11.5 Å². The number of benzene rings is 1. The minimum Gasteiger partial charge on any atom is -0.494 e. The number of amides is 1. The van der Waals surface area contributed by atoms with Crippen LogP contribution in [0, 0.1) is 12.8 Å². The predicted molar refractivity (Wildman–Crippen MR) is 90.5 cm³/mol. The zero-order valence-electron chi connectivity index (χ0n) is 14.3. The van der Waals surface area contributed by atoms with Crippen molar-refractivity contribution in [2.24, 2.45) is 13.0 Å². The third-order valence-electron chi connectivity index (χ3n) is 3.82. The molecular formula is C17H22N2O4. The molecule has 0 unspecified atom stereocenters. The Morgan fingerprint density at radius 3 is 2.39 bits per heavy atom. The number of fused-ring (bicyclic) bond motifs is 1. The van der Waals surface area contributed by atoms with Crippen molar-refractivity contribution < 1.29 is 14.3 Å². The predicted octanol–water partition coefficient (Wildman–Crippen LogP) is 2.46. The number of hydrogen-bond acceptors (Lipinski definition) is 4. The van der Waals surface area contributed by atoms with Crippen LogP contribution in [0.2, 0.25) is 0 Å². The van der Waals surface area contributed by atoms with Crippen LogP contribution in [0.3, 0.4) is 0 Å². The number of aromatic nitrogens is 1. The van der Waals surface area contributed by atoms with Gasteiger partial charge in [-0.3, -0.25) is 9.59 Å². The zero-order chi connectivity index (χ0) is 17.3. The number of nitrogens with one attached hydrogen (secondary N) is 1. The summed E-state index contributed by atoms with van der Waals surface area (Å²) in [5.74, 6) is 0.737. The first-order valence-electron chi connectivity index (χ1n) is 7.38. The fraction of sp³-hybridized carbons (Fsp3) is 0.412. The van der Waals surface area contributed by atoms with E-state index in [0.29, 0.717) is 22.7 Å². The molecular weight excluding hydrogens is 296 g/mol. The van der Waals surface area contributed by atoms with Crippen molar-refractivity contribution in [3.63, 3.8) is 0 Å². The quantitative estimate of drug-likeness (QED) is 0.940. The number of hydrogen-bond donors (Lipinski definition) is 1. The summed E-state index contributed by atoms with van der Waals surface area (Å²) >= 11 is 0. The van der Waals surface area contributed by atoms with E-state index in [-0.39, 0.29) is 17.4 Å². The minimum absolute atomic E-state index is 0.118. The van der Waals surface area contributed by atoms with Crippen LogP contribution < -0.4 is 20.3 Å². The molecule has 23 heavy (non-hydrogen) atoms. The first-order valence-corrected chi connectivity index (χ1v) is 7.38. The number of aryl methyl sites for hydroxylation is 2. The lowest BCUT2D eigenvalue weighted by atomic mass is 10.1. The number of pyridine rings is 1. The van der Waals surface area contributed by atoms with Crippen LogP contribution in [0.15, 0.2) is 16.9 Å². The van der Waals surface area contributed by atoms with Crippen LogP contribution in [0.4, 0.5) is 5.69 Å². The van der Waals surface area contributed by atoms with Gasteiger partial charge in [0.05, 0.1) is 25.4 Å². The highest BCUT2D eigenvalue weighted by Gasteiger charge is 2.20. The fourth-order valence-electron chi connectivity index (χ4n) is 2.53. The number of carbonyl (C=O) groups is 1. The maximum absolute atomic E-state index is 12.1. The van der Waals surface area contributed by atoms with Crippen LogP contribution in [0.1, 0.15) is 19.4 Å². The maximum atomic E-state index is 12.1. The van der Waals surface area contributed by atoms with Crippen molar-refractivity contribution in [2.75, 3.05) is 19.5 Å². The summed E-state index contributed by atoms with van der Waals surface area (Å²) in [6.45, 7) is 5.46. The summed E-state index contributed by atoms with van der Waals surface area (Å²) < 4.78 is 12.5. The first kappa shape index (κ1) is 16.9. The van der Waals surface area contributed by atoms with Crippen LogP contribution in [-0.2, 0) is 11.8 Å². The fourth-order valence-corrected chi connectivity index (χ4v) is 2.53. The molecule has 1 heterocycles. The van der Waals surface area contributed by atoms with E-state index >= 15 is 0 Å². The normalized spacial score (nSPS) is 10.9. The van der Waals surface area contributed by atoms with Crippen LogP contribution in [0.25, 0.3) is 10.9 Å². The van der Waals surface area contributed by atoms with Crippen molar-refractivity contribution in [3.8, 4) is 11.5 Å². The highest BCUT2D eigenvalue weighted by atomic mass is 16.5. The average Bonchev–Trinajstić information content (AvgIpc) is 2.51. The molecule has 0 aliphatic heterocycles. The van der Waals surface area contributed by atoms with Crippen molar-refractivity contribution in [2.45, 2.75) is 20.8 Å². The van der Waals surface area contributed by atoms with Gasteiger partial charge in [0.2, 0.25) is 5.91 Å². The van der Waals surface area contributed by atoms with Gasteiger partial charge in [0, 0.05) is 30.5 Å². The molecule has 2 rings (SSSR count). The van der Waals surface area contributed by atoms with Crippen molar-refractivity contribution in [1.82, 2.24) is 4.57 Å². The van der Waals surface area contributed by atoms with Gasteiger partial charge in [-0.15, -0.1) is 0 Å². The highest BCUT2D eigenvalue weighted by Crippen LogP contribution is 2.40. The van der Waals surface area contributed by atoms with Gasteiger partial charge in [0.15, 0.2) is 5.75 Å². The molecule has 0 spiro atoms. The smallest absolute Gasteiger partial charge is 0.251 e. The van der Waals surface area contributed by atoms with Gasteiger partial charge < -0.3 is 19.4 Å². The Morgan fingerprint density at radius 2 is 1.87 bits per heavy atom. The number of nitrogens with zero attached hydrogens (tertiary/aromatic N) is 1. The lowest BCUT2D eigenvalue weighted by molar-refractivity contribution is -0.118. The summed E-state index contributed by atoms with van der Waals surface area (Å²) in [7, 11) is 4.75. The SMILES string of the molecule is COc1c(NC(=O)C(C)C)cc(OC)c2c1c(C)cc(=O)n2C. The molecule has 1 aromatic heterocycles. The lowest BCUT2D eigenvalue weighted by Crippen LogP contribution is -2.20. The van der Waals surface area contributed by atoms with E-state index in [1.807, 2.05) is 20.8 Å². The Bertz CT molecular complexity index is 822. The van der Waals surface area contributed by atoms with Gasteiger partial charge >= 0.3 is 0 Å². The molecule has 1 aromatic carbocycles. The van der Waals surface area contributed by atoms with Gasteiger partial charge in [-0.05, 0) is 12.5 Å². The summed E-state index contributed by atoms with van der Waals surface area (Å²) in [5.41, 5.74) is 1.79. The van der Waals surface area contributed by atoms with Gasteiger partial charge in [-0.2, -0.15) is 0 Å². The van der Waals surface area contributed by atoms with Gasteiger partial charge in [0.25, 0.3) is 5.56 Å². The van der Waals surface area contributed by atoms with Crippen LogP contribution >= 0.6 is 0 Å². The number of methoxy groups -OCH3 is 2. The molecule has 1 amide bonds. The van der Waals surface area contributed by atoms with Crippen molar-refractivity contribution in [1.29, 1.82) is 0 Å². The summed E-state index contributed by atoms with van der Waals surface area (Å²) in [6.07, 6.45) is 0. The zero-order valence-corrected chi connectivity index (χ0v) is 14.3. The summed E-state index contributed by atoms with van der Waals surface area (Å²) in [5, 5.41) is 3.60. The monoisotopic (exact) mass is 318 g/mol. The van der Waals surface area contributed by atoms with E-state index in [2.05, 4.69) is 5.32 Å². The van der Waals surface area contributed by atoms with E-state index < -0.39 is 0 Å². The number of rotatable bonds is 4. The Labute approximate surface area is 135 Å². The van der Waals surface area contributed by atoms with E-state index in [1.165, 1.54) is 18.8 Å². The Kier molecular flexibility index (Phi) is 4.63. The third kappa shape index (κ3) is 2.88. The van der Waals surface area contributed by atoms with E-state index in [9.17, 15) is 9.59 Å². The molecule has 6 nitrogen and oxygen atoms in total. The second kappa shape index (κ2) is 6.32. The number of carbonyl (C=O) groups excluding carboxylic acids is 1. The summed E-state index contributed by atoms with van der Waals surface area (Å²) in [6, 6.07) is 3.22. The molecule has 0 radical (unpaired) electrons. The maximum Gasteiger partial charge on any atom is 0.251 e. The molecule has 0 fully saturated rings. The first-order chi connectivity index (χ1) is 10.8. The highest BCUT2D eigenvalue weighted by molar-refractivity contribution is 6.02. The molecule has 124 valence electrons. The second-order valence-corrected chi connectivity index (χ2v) is 5.75. The van der Waals surface area contributed by atoms with Crippen LogP contribution in [-0.4, -0.2) is 24.7 Å². The lowest BCUT2D eigenvalue weighted by Gasteiger charge is -2.19. The Morgan fingerprint density at radius 1 is 1.22 bits per heavy atom. The second-order valence-electron chi connectivity index (χ2n) is 5.75. The van der Waals surface area contributed by atoms with E-state index in [0.717, 1.165) is 10.9 Å². The largest absolute Gasteiger partial charge is 0.494 e. The molecule has 0 saturated carbocycles. The van der Waals surface area contributed by atoms with Gasteiger partial charge in [0.1, 0.15) is 5.75 Å². The molecule has 2 aromatic rings. The number of ether oxygens (including phenoxy) is 2. The minimum atomic E-state index is -0.164. The van der Waals surface area contributed by atoms with Gasteiger partial charge in [-0.25, -0.2) is 0 Å². The van der Waals surface area contributed by atoms with E-state index in [1.54, 1.807) is 19.2 Å². The van der Waals surface area contributed by atoms with Crippen molar-refractivity contribution >= 4 is 22.5 Å². The van der Waals surface area contributed by atoms with E-state index in [4.69, 9.17) is 9.47 Å². The topological polar surface area (TPSA) is 69.6 Å². The third-order valence-corrected chi connectivity index (χ3v) is 3.82. The Hall–Kier alpha value is -2.50. The van der Waals surface area contributed by atoms with Crippen molar-refractivity contribution in [3.05, 3.63) is 28.0 Å². The standard InChI is InChI=1S/C17H22N2O4/c1-9(2)17(21)18-11-8-12(22-5)15-14(16(11)23-6)10(3)7-13(20)19(15)4/h7-9H,1-6H3,(H,18,21). The molecule has 0 aliphatic rings. The summed E-state index contributed by atoms with van der Waals surface area (Å²) in [4.78, 5) is 24.1. The molecule has 0 atom stereocenters. The number of anilines is 1. The molecule has 6 heteroatoms. The molecule has 0 aliphatic carbocycles. The average molecular weight is 318 g/mol.